The first-order valence-corrected chi connectivity index (χ1v) is 20.7. The molecule has 6 rings (SSSR count). The summed E-state index contributed by atoms with van der Waals surface area (Å²) in [5, 5.41) is 5.32. The number of halogens is 2. The van der Waals surface area contributed by atoms with E-state index in [4.69, 9.17) is 9.47 Å². The monoisotopic (exact) mass is 716 g/mol. The molecule has 0 atom stereocenters. The van der Waals surface area contributed by atoms with Gasteiger partial charge in [0.15, 0.2) is 0 Å². The maximum Gasteiger partial charge on any atom is -1.00 e. The Morgan fingerprint density at radius 2 is 0.932 bits per heavy atom. The zero-order valence-corrected chi connectivity index (χ0v) is 31.3. The van der Waals surface area contributed by atoms with Crippen molar-refractivity contribution in [3.63, 3.8) is 0 Å². The molecule has 6 aromatic carbocycles. The molecular weight excluding hydrogens is 679 g/mol. The summed E-state index contributed by atoms with van der Waals surface area (Å²) >= 11 is 1.74. The predicted octanol–water partition coefficient (Wildman–Crippen LogP) is 4.39. The van der Waals surface area contributed by atoms with Gasteiger partial charge >= 0.3 is 41.9 Å². The van der Waals surface area contributed by atoms with Crippen molar-refractivity contribution in [1.29, 1.82) is 0 Å². The minimum absolute atomic E-state index is 0. The van der Waals surface area contributed by atoms with Crippen LogP contribution in [0.25, 0.3) is 43.8 Å². The van der Waals surface area contributed by atoms with Gasteiger partial charge in [-0.05, 0) is 48.2 Å². The number of hydrogen-bond donors (Lipinski definition) is 0. The number of methoxy groups -OCH3 is 2. The molecule has 0 aromatic heterocycles. The van der Waals surface area contributed by atoms with Crippen LogP contribution in [-0.2, 0) is 36.2 Å². The third kappa shape index (κ3) is 9.69. The van der Waals surface area contributed by atoms with Crippen LogP contribution in [0.5, 0.6) is 11.5 Å². The third-order valence-corrected chi connectivity index (χ3v) is 7.24. The van der Waals surface area contributed by atoms with E-state index in [1.54, 1.807) is 37.6 Å². The first-order chi connectivity index (χ1) is 20.4. The largest absolute Gasteiger partial charge is 1.00 e. The van der Waals surface area contributed by atoms with Crippen molar-refractivity contribution in [3.05, 3.63) is 120 Å². The Morgan fingerprint density at radius 1 is 0.591 bits per heavy atom. The van der Waals surface area contributed by atoms with Crippen molar-refractivity contribution < 1.29 is 57.6 Å². The molecule has 0 saturated heterocycles. The molecule has 44 heavy (non-hydrogen) atoms. The van der Waals surface area contributed by atoms with E-state index in [-0.39, 0.29) is 30.2 Å². The topological polar surface area (TPSA) is 18.5 Å². The summed E-state index contributed by atoms with van der Waals surface area (Å²) in [5.74, 6) is 1.79. The molecule has 228 valence electrons. The molecule has 0 heterocycles. The van der Waals surface area contributed by atoms with Gasteiger partial charge in [-0.25, -0.2) is 0 Å². The Balaban J connectivity index is 0.000000263. The molecule has 0 saturated carbocycles. The fourth-order valence-corrected chi connectivity index (χ4v) is 5.05. The van der Waals surface area contributed by atoms with E-state index < -0.39 is 0 Å². The smallest absolute Gasteiger partial charge is 1.00 e. The van der Waals surface area contributed by atoms with Gasteiger partial charge in [0, 0.05) is 0 Å². The van der Waals surface area contributed by atoms with Crippen molar-refractivity contribution in [1.82, 2.24) is 0 Å². The van der Waals surface area contributed by atoms with Gasteiger partial charge in [-0.3, -0.25) is 0 Å². The summed E-state index contributed by atoms with van der Waals surface area (Å²) in [6.45, 7) is 9.01. The molecule has 0 bridgehead atoms. The van der Waals surface area contributed by atoms with Crippen molar-refractivity contribution in [2.24, 2.45) is 0 Å². The minimum Gasteiger partial charge on any atom is -1.00 e. The van der Waals surface area contributed by atoms with Crippen molar-refractivity contribution in [3.8, 4) is 33.8 Å². The predicted molar refractivity (Wildman–Crippen MR) is 179 cm³/mol. The molecule has 0 amide bonds. The zero-order valence-electron chi connectivity index (χ0n) is 26.4. The second kappa shape index (κ2) is 18.4. The molecule has 6 aromatic rings. The summed E-state index contributed by atoms with van der Waals surface area (Å²) in [5.41, 5.74) is 8.06. The maximum absolute atomic E-state index is 5.21. The fraction of sp³-hybridized carbons (Fsp3) is 0.211. The van der Waals surface area contributed by atoms with E-state index >= 15 is 0 Å². The summed E-state index contributed by atoms with van der Waals surface area (Å²) in [6.07, 6.45) is 2.16. The normalized spacial score (nSPS) is 10.0. The van der Waals surface area contributed by atoms with Crippen LogP contribution in [0.4, 0.5) is 0 Å². The number of ether oxygens (including phenoxy) is 2. The fourth-order valence-electron chi connectivity index (χ4n) is 5.05. The standard InChI is InChI=1S/2C18H17O.C2H6Si.2ClH.Zr/c2*1-3-13-11-15-5-4-6-17(18(15)12-13)14-7-9-16(19-2)10-8-14;1-3-2;;;/h2*4-12H,3H2,1-2H3;1-2H3;2*1H;/q2*-1;;;;+2/p-2. The van der Waals surface area contributed by atoms with E-state index in [1.165, 1.54) is 54.9 Å². The van der Waals surface area contributed by atoms with E-state index in [1.807, 2.05) is 24.3 Å². The maximum atomic E-state index is 5.21. The Labute approximate surface area is 290 Å². The molecule has 0 spiro atoms. The first-order valence-electron chi connectivity index (χ1n) is 14.5. The average Bonchev–Trinajstić information content (AvgIpc) is 3.65. The molecule has 0 aliphatic rings. The molecule has 0 aliphatic heterocycles. The number of hydrogen-bond acceptors (Lipinski definition) is 2. The van der Waals surface area contributed by atoms with Crippen LogP contribution in [0.3, 0.4) is 0 Å². The summed E-state index contributed by atoms with van der Waals surface area (Å²) in [4.78, 5) is 0. The average molecular weight is 719 g/mol. The van der Waals surface area contributed by atoms with Gasteiger partial charge in [0.05, 0.1) is 14.2 Å². The number of benzene rings is 4. The summed E-state index contributed by atoms with van der Waals surface area (Å²) in [6, 6.07) is 38.7. The first kappa shape index (κ1) is 37.6. The van der Waals surface area contributed by atoms with Crippen molar-refractivity contribution in [2.45, 2.75) is 39.8 Å². The third-order valence-electron chi connectivity index (χ3n) is 7.24. The molecule has 0 fully saturated rings. The van der Waals surface area contributed by atoms with Crippen LogP contribution >= 0.6 is 0 Å². The van der Waals surface area contributed by atoms with Crippen LogP contribution in [0, 0.1) is 0 Å². The number of aryl methyl sites for hydroxylation is 2. The Bertz CT molecular complexity index is 1620. The van der Waals surface area contributed by atoms with Gasteiger partial charge in [-0.1, -0.05) is 61.4 Å². The molecule has 2 nitrogen and oxygen atoms in total. The Hall–Kier alpha value is -2.62. The van der Waals surface area contributed by atoms with Gasteiger partial charge in [0.25, 0.3) is 0 Å². The SMILES string of the molecule is CCc1cc2c(-c3ccc(OC)cc3)cccc2[cH-]1.CCc1cc2c(-c3ccc(OC)cc3)cccc2[cH-]1.C[Si](C)=[Zr+2].[Cl-].[Cl-]. The second-order valence-corrected chi connectivity index (χ2v) is 19.9. The van der Waals surface area contributed by atoms with Crippen LogP contribution in [0.2, 0.25) is 13.1 Å². The number of fused-ring (bicyclic) bond motifs is 2. The molecule has 0 unspecified atom stereocenters. The van der Waals surface area contributed by atoms with Crippen molar-refractivity contribution in [2.75, 3.05) is 14.2 Å². The second-order valence-electron chi connectivity index (χ2n) is 10.5. The number of rotatable bonds is 6. The van der Waals surface area contributed by atoms with Gasteiger partial charge in [0.1, 0.15) is 11.5 Å². The molecule has 0 aliphatic carbocycles. The van der Waals surface area contributed by atoms with Gasteiger partial charge in [0.2, 0.25) is 0 Å². The van der Waals surface area contributed by atoms with E-state index in [0.717, 1.165) is 24.3 Å². The summed E-state index contributed by atoms with van der Waals surface area (Å²) in [7, 11) is 3.39. The van der Waals surface area contributed by atoms with E-state index in [0.29, 0.717) is 0 Å². The molecule has 0 radical (unpaired) electrons. The minimum atomic E-state index is 0. The van der Waals surface area contributed by atoms with Crippen LogP contribution < -0.4 is 34.3 Å². The van der Waals surface area contributed by atoms with Gasteiger partial charge in [-0.2, -0.15) is 12.1 Å². The van der Waals surface area contributed by atoms with Crippen molar-refractivity contribution >= 4 is 27.0 Å². The van der Waals surface area contributed by atoms with Crippen LogP contribution in [0.15, 0.2) is 109 Å². The van der Waals surface area contributed by atoms with E-state index in [2.05, 4.69) is 112 Å². The zero-order chi connectivity index (χ0) is 30.1. The van der Waals surface area contributed by atoms with Crippen LogP contribution in [0.1, 0.15) is 25.0 Å². The quantitative estimate of drug-likeness (QED) is 0.188. The van der Waals surface area contributed by atoms with Gasteiger partial charge < -0.3 is 34.3 Å². The molecular formula is C38H40Cl2O2SiZr-2. The molecule has 6 heteroatoms. The summed E-state index contributed by atoms with van der Waals surface area (Å²) < 4.78 is 10.4. The Kier molecular flexibility index (Phi) is 15.7. The van der Waals surface area contributed by atoms with Gasteiger partial charge in [-0.15, -0.1) is 69.1 Å². The Morgan fingerprint density at radius 3 is 1.23 bits per heavy atom. The van der Waals surface area contributed by atoms with Crippen LogP contribution in [-0.4, -0.2) is 19.7 Å². The molecule has 0 N–H and O–H groups in total. The van der Waals surface area contributed by atoms with E-state index in [9.17, 15) is 0 Å².